The molecular formula is C18H24O3S. The number of hydrogen-bond donors (Lipinski definition) is 0. The third kappa shape index (κ3) is 2.85. The second-order valence-electron chi connectivity index (χ2n) is 6.74. The molecule has 1 aromatic rings. The molecule has 120 valence electrons. The number of esters is 1. The Morgan fingerprint density at radius 3 is 2.14 bits per heavy atom. The second-order valence-corrected chi connectivity index (χ2v) is 7.78. The number of ether oxygens (including phenoxy) is 2. The van der Waals surface area contributed by atoms with Gasteiger partial charge in [0.05, 0.1) is 19.6 Å². The Bertz CT molecular complexity index is 513. The fraction of sp³-hybridized carbons (Fsp3) is 0.611. The first-order valence-electron chi connectivity index (χ1n) is 7.97. The predicted octanol–water partition coefficient (Wildman–Crippen LogP) is 4.30. The van der Waals surface area contributed by atoms with Crippen LogP contribution in [0.3, 0.4) is 0 Å². The van der Waals surface area contributed by atoms with Crippen LogP contribution < -0.4 is 4.74 Å². The van der Waals surface area contributed by atoms with Gasteiger partial charge < -0.3 is 9.47 Å². The number of methoxy groups -OCH3 is 2. The third-order valence-corrected chi connectivity index (χ3v) is 6.99. The van der Waals surface area contributed by atoms with E-state index >= 15 is 0 Å². The van der Waals surface area contributed by atoms with Crippen LogP contribution in [0.2, 0.25) is 0 Å². The van der Waals surface area contributed by atoms with Crippen molar-refractivity contribution in [3.63, 3.8) is 0 Å². The number of hydrogen-bond acceptors (Lipinski definition) is 4. The molecule has 3 aliphatic carbocycles. The smallest absolute Gasteiger partial charge is 0.311 e. The van der Waals surface area contributed by atoms with Crippen LogP contribution in [0.4, 0.5) is 0 Å². The normalized spacial score (nSPS) is 30.1. The van der Waals surface area contributed by atoms with Crippen molar-refractivity contribution < 1.29 is 14.3 Å². The van der Waals surface area contributed by atoms with Crippen molar-refractivity contribution in [2.75, 3.05) is 20.0 Å². The number of rotatable bonds is 5. The van der Waals surface area contributed by atoms with Gasteiger partial charge >= 0.3 is 5.97 Å². The van der Waals surface area contributed by atoms with Crippen molar-refractivity contribution in [1.29, 1.82) is 0 Å². The minimum Gasteiger partial charge on any atom is -0.497 e. The van der Waals surface area contributed by atoms with Crippen molar-refractivity contribution in [2.24, 2.45) is 10.8 Å². The molecular weight excluding hydrogens is 296 g/mol. The molecule has 0 heterocycles. The van der Waals surface area contributed by atoms with Crippen LogP contribution in [0.5, 0.6) is 5.75 Å². The van der Waals surface area contributed by atoms with Gasteiger partial charge in [-0.25, -0.2) is 0 Å². The van der Waals surface area contributed by atoms with E-state index in [1.807, 2.05) is 23.9 Å². The summed E-state index contributed by atoms with van der Waals surface area (Å²) in [5.74, 6) is 2.07. The number of benzene rings is 1. The lowest BCUT2D eigenvalue weighted by Gasteiger charge is -2.51. The Kier molecular flexibility index (Phi) is 4.40. The molecule has 0 amide bonds. The van der Waals surface area contributed by atoms with Crippen LogP contribution in [-0.2, 0) is 9.53 Å². The van der Waals surface area contributed by atoms with Crippen molar-refractivity contribution in [3.05, 3.63) is 24.3 Å². The molecule has 0 unspecified atom stereocenters. The van der Waals surface area contributed by atoms with Gasteiger partial charge in [0.15, 0.2) is 0 Å². The van der Waals surface area contributed by atoms with E-state index < -0.39 is 0 Å². The summed E-state index contributed by atoms with van der Waals surface area (Å²) in [7, 11) is 3.21. The van der Waals surface area contributed by atoms with Gasteiger partial charge in [0.1, 0.15) is 5.75 Å². The van der Waals surface area contributed by atoms with Crippen LogP contribution in [-0.4, -0.2) is 25.9 Å². The zero-order chi connectivity index (χ0) is 15.6. The lowest BCUT2D eigenvalue weighted by atomic mass is 9.54. The SMILES string of the molecule is COC(=O)C12CCC(CSc3ccc(OC)cc3)(CC1)CC2. The van der Waals surface area contributed by atoms with Crippen molar-refractivity contribution >= 4 is 17.7 Å². The first-order chi connectivity index (χ1) is 10.6. The number of carbonyl (C=O) groups is 1. The largest absolute Gasteiger partial charge is 0.497 e. The minimum atomic E-state index is -0.165. The molecule has 22 heavy (non-hydrogen) atoms. The highest BCUT2D eigenvalue weighted by Crippen LogP contribution is 2.58. The van der Waals surface area contributed by atoms with E-state index in [1.165, 1.54) is 12.0 Å². The topological polar surface area (TPSA) is 35.5 Å². The van der Waals surface area contributed by atoms with E-state index in [4.69, 9.17) is 9.47 Å². The van der Waals surface area contributed by atoms with E-state index in [9.17, 15) is 4.79 Å². The van der Waals surface area contributed by atoms with Gasteiger partial charge in [0, 0.05) is 10.6 Å². The predicted molar refractivity (Wildman–Crippen MR) is 88.3 cm³/mol. The van der Waals surface area contributed by atoms with Gasteiger partial charge in [0.2, 0.25) is 0 Å². The summed E-state index contributed by atoms with van der Waals surface area (Å²) >= 11 is 1.94. The van der Waals surface area contributed by atoms with Crippen LogP contribution in [0.15, 0.2) is 29.2 Å². The van der Waals surface area contributed by atoms with Crippen LogP contribution in [0.1, 0.15) is 38.5 Å². The van der Waals surface area contributed by atoms with Crippen LogP contribution in [0.25, 0.3) is 0 Å². The molecule has 3 saturated carbocycles. The maximum atomic E-state index is 12.0. The second kappa shape index (κ2) is 6.15. The molecule has 2 bridgehead atoms. The zero-order valence-corrected chi connectivity index (χ0v) is 14.2. The van der Waals surface area contributed by atoms with Gasteiger partial charge in [-0.2, -0.15) is 0 Å². The van der Waals surface area contributed by atoms with Gasteiger partial charge in [0.25, 0.3) is 0 Å². The fourth-order valence-electron chi connectivity index (χ4n) is 3.91. The maximum Gasteiger partial charge on any atom is 0.311 e. The lowest BCUT2D eigenvalue weighted by Crippen LogP contribution is -2.47. The highest BCUT2D eigenvalue weighted by molar-refractivity contribution is 7.99. The van der Waals surface area contributed by atoms with Crippen LogP contribution >= 0.6 is 11.8 Å². The molecule has 0 aliphatic heterocycles. The minimum absolute atomic E-state index is 0.0172. The molecule has 3 fully saturated rings. The molecule has 1 aromatic carbocycles. The van der Waals surface area contributed by atoms with Gasteiger partial charge in [-0.15, -0.1) is 11.8 Å². The molecule has 3 nitrogen and oxygen atoms in total. The summed E-state index contributed by atoms with van der Waals surface area (Å²) in [6.07, 6.45) is 6.48. The Labute approximate surface area is 136 Å². The van der Waals surface area contributed by atoms with Crippen molar-refractivity contribution in [1.82, 2.24) is 0 Å². The summed E-state index contributed by atoms with van der Waals surface area (Å²) in [6.45, 7) is 0. The maximum absolute atomic E-state index is 12.0. The summed E-state index contributed by atoms with van der Waals surface area (Å²) in [5.41, 5.74) is 0.252. The highest BCUT2D eigenvalue weighted by Gasteiger charge is 2.52. The Balaban J connectivity index is 1.59. The van der Waals surface area contributed by atoms with E-state index in [0.717, 1.165) is 50.0 Å². The number of thioether (sulfide) groups is 1. The zero-order valence-electron chi connectivity index (χ0n) is 13.4. The number of fused-ring (bicyclic) bond motifs is 3. The average Bonchev–Trinajstić information content (AvgIpc) is 2.61. The summed E-state index contributed by atoms with van der Waals surface area (Å²) in [6, 6.07) is 8.29. The van der Waals surface area contributed by atoms with Gasteiger partial charge in [-0.1, -0.05) is 0 Å². The molecule has 3 aliphatic rings. The summed E-state index contributed by atoms with van der Waals surface area (Å²) < 4.78 is 10.2. The third-order valence-electron chi connectivity index (χ3n) is 5.62. The summed E-state index contributed by atoms with van der Waals surface area (Å²) in [5, 5.41) is 0. The molecule has 0 N–H and O–H groups in total. The lowest BCUT2D eigenvalue weighted by molar-refractivity contribution is -0.161. The molecule has 0 aromatic heterocycles. The first kappa shape index (κ1) is 15.7. The molecule has 0 saturated heterocycles. The van der Waals surface area contributed by atoms with E-state index in [-0.39, 0.29) is 11.4 Å². The van der Waals surface area contributed by atoms with Crippen molar-refractivity contribution in [3.8, 4) is 5.75 Å². The molecule has 4 heteroatoms. The number of carbonyl (C=O) groups excluding carboxylic acids is 1. The fourth-order valence-corrected chi connectivity index (χ4v) is 5.15. The standard InChI is InChI=1S/C18H24O3S/c1-20-14-3-5-15(6-4-14)22-13-17-7-10-18(11-8-17,12-9-17)16(19)21-2/h3-6H,7-13H2,1-2H3. The van der Waals surface area contributed by atoms with Gasteiger partial charge in [-0.3, -0.25) is 4.79 Å². The molecule has 0 radical (unpaired) electrons. The first-order valence-corrected chi connectivity index (χ1v) is 8.95. The Hall–Kier alpha value is -1.16. The quantitative estimate of drug-likeness (QED) is 0.598. The Morgan fingerprint density at radius 2 is 1.64 bits per heavy atom. The molecule has 4 rings (SSSR count). The molecule has 0 spiro atoms. The average molecular weight is 320 g/mol. The highest BCUT2D eigenvalue weighted by atomic mass is 32.2. The van der Waals surface area contributed by atoms with E-state index in [1.54, 1.807) is 7.11 Å². The van der Waals surface area contributed by atoms with E-state index in [2.05, 4.69) is 12.1 Å². The monoisotopic (exact) mass is 320 g/mol. The van der Waals surface area contributed by atoms with Crippen LogP contribution in [0, 0.1) is 10.8 Å². The van der Waals surface area contributed by atoms with Gasteiger partial charge in [-0.05, 0) is 68.2 Å². The molecule has 0 atom stereocenters. The van der Waals surface area contributed by atoms with Crippen molar-refractivity contribution in [2.45, 2.75) is 43.4 Å². The summed E-state index contributed by atoms with van der Waals surface area (Å²) in [4.78, 5) is 13.3. The van der Waals surface area contributed by atoms with E-state index in [0.29, 0.717) is 5.41 Å². The Morgan fingerprint density at radius 1 is 1.05 bits per heavy atom.